The summed E-state index contributed by atoms with van der Waals surface area (Å²) in [5.74, 6) is 2.20. The van der Waals surface area contributed by atoms with E-state index in [1.807, 2.05) is 29.2 Å². The molecule has 20 heavy (non-hydrogen) atoms. The molecule has 0 bridgehead atoms. The smallest absolute Gasteiger partial charge is 0.253 e. The minimum absolute atomic E-state index is 0.153. The minimum Gasteiger partial charge on any atom is -0.338 e. The minimum atomic E-state index is 0.153. The van der Waals surface area contributed by atoms with Gasteiger partial charge in [-0.25, -0.2) is 0 Å². The van der Waals surface area contributed by atoms with Crippen LogP contribution in [0.4, 0.5) is 0 Å². The van der Waals surface area contributed by atoms with E-state index in [4.69, 9.17) is 0 Å². The van der Waals surface area contributed by atoms with E-state index in [2.05, 4.69) is 34.6 Å². The number of thioether (sulfide) groups is 1. The van der Waals surface area contributed by atoms with Gasteiger partial charge in [0.2, 0.25) is 0 Å². The summed E-state index contributed by atoms with van der Waals surface area (Å²) in [6.45, 7) is 12.4. The van der Waals surface area contributed by atoms with Gasteiger partial charge in [-0.2, -0.15) is 0 Å². The molecule has 1 rings (SSSR count). The van der Waals surface area contributed by atoms with Crippen molar-refractivity contribution < 1.29 is 4.79 Å². The van der Waals surface area contributed by atoms with Crippen molar-refractivity contribution in [3.05, 3.63) is 29.8 Å². The molecule has 0 heterocycles. The van der Waals surface area contributed by atoms with Crippen LogP contribution in [0, 0.1) is 11.8 Å². The Morgan fingerprint density at radius 2 is 1.55 bits per heavy atom. The molecule has 0 aliphatic heterocycles. The van der Waals surface area contributed by atoms with E-state index in [-0.39, 0.29) is 5.91 Å². The second kappa shape index (κ2) is 8.35. The molecule has 3 heteroatoms. The van der Waals surface area contributed by atoms with Gasteiger partial charge in [-0.15, -0.1) is 11.8 Å². The third kappa shape index (κ3) is 5.58. The van der Waals surface area contributed by atoms with E-state index >= 15 is 0 Å². The lowest BCUT2D eigenvalue weighted by molar-refractivity contribution is 0.0715. The monoisotopic (exact) mass is 293 g/mol. The highest BCUT2D eigenvalue weighted by molar-refractivity contribution is 7.99. The molecule has 112 valence electrons. The van der Waals surface area contributed by atoms with Crippen LogP contribution in [0.1, 0.15) is 45.0 Å². The summed E-state index contributed by atoms with van der Waals surface area (Å²) in [6, 6.07) is 8.00. The van der Waals surface area contributed by atoms with Gasteiger partial charge in [0.15, 0.2) is 0 Å². The SMILES string of the molecule is CCSc1ccc(C(=O)N(CC(C)C)CC(C)C)cc1. The fourth-order valence-corrected chi connectivity index (χ4v) is 2.83. The Balaban J connectivity index is 2.82. The fourth-order valence-electron chi connectivity index (χ4n) is 2.16. The maximum Gasteiger partial charge on any atom is 0.253 e. The number of hydrogen-bond donors (Lipinski definition) is 0. The molecule has 1 aromatic rings. The summed E-state index contributed by atoms with van der Waals surface area (Å²) in [5, 5.41) is 0. The second-order valence-electron chi connectivity index (χ2n) is 5.96. The molecule has 2 nitrogen and oxygen atoms in total. The Kier molecular flexibility index (Phi) is 7.14. The number of hydrogen-bond acceptors (Lipinski definition) is 2. The van der Waals surface area contributed by atoms with Crippen LogP contribution >= 0.6 is 11.8 Å². The highest BCUT2D eigenvalue weighted by Gasteiger charge is 2.17. The molecule has 0 aliphatic carbocycles. The molecular weight excluding hydrogens is 266 g/mol. The van der Waals surface area contributed by atoms with Crippen LogP contribution in [0.25, 0.3) is 0 Å². The molecule has 0 saturated heterocycles. The van der Waals surface area contributed by atoms with Crippen LogP contribution in [-0.2, 0) is 0 Å². The van der Waals surface area contributed by atoms with E-state index in [0.717, 1.165) is 24.4 Å². The van der Waals surface area contributed by atoms with E-state index in [1.54, 1.807) is 11.8 Å². The van der Waals surface area contributed by atoms with Gasteiger partial charge in [0, 0.05) is 23.5 Å². The topological polar surface area (TPSA) is 20.3 Å². The van der Waals surface area contributed by atoms with Crippen LogP contribution in [-0.4, -0.2) is 29.6 Å². The van der Waals surface area contributed by atoms with Gasteiger partial charge in [0.25, 0.3) is 5.91 Å². The van der Waals surface area contributed by atoms with Crippen molar-refractivity contribution in [2.24, 2.45) is 11.8 Å². The standard InChI is InChI=1S/C17H27NOS/c1-6-20-16-9-7-15(8-10-16)17(19)18(11-13(2)3)12-14(4)5/h7-10,13-14H,6,11-12H2,1-5H3. The zero-order valence-corrected chi connectivity index (χ0v) is 14.2. The van der Waals surface area contributed by atoms with Crippen molar-refractivity contribution in [1.29, 1.82) is 0 Å². The van der Waals surface area contributed by atoms with Crippen LogP contribution in [0.5, 0.6) is 0 Å². The molecule has 0 saturated carbocycles. The third-order valence-electron chi connectivity index (χ3n) is 2.87. The highest BCUT2D eigenvalue weighted by Crippen LogP contribution is 2.19. The summed E-state index contributed by atoms with van der Waals surface area (Å²) < 4.78 is 0. The third-order valence-corrected chi connectivity index (χ3v) is 3.76. The first-order valence-electron chi connectivity index (χ1n) is 7.46. The van der Waals surface area contributed by atoms with Gasteiger partial charge in [0.1, 0.15) is 0 Å². The first-order valence-corrected chi connectivity index (χ1v) is 8.44. The molecule has 0 fully saturated rings. The lowest BCUT2D eigenvalue weighted by Gasteiger charge is -2.26. The molecule has 0 spiro atoms. The lowest BCUT2D eigenvalue weighted by Crippen LogP contribution is -2.37. The number of rotatable bonds is 7. The summed E-state index contributed by atoms with van der Waals surface area (Å²) in [6.07, 6.45) is 0. The Morgan fingerprint density at radius 3 is 1.95 bits per heavy atom. The second-order valence-corrected chi connectivity index (χ2v) is 7.29. The van der Waals surface area contributed by atoms with Crippen molar-refractivity contribution >= 4 is 17.7 Å². The first kappa shape index (κ1) is 17.1. The van der Waals surface area contributed by atoms with Gasteiger partial charge in [-0.3, -0.25) is 4.79 Å². The van der Waals surface area contributed by atoms with Crippen LogP contribution in [0.2, 0.25) is 0 Å². The molecular formula is C17H27NOS. The quantitative estimate of drug-likeness (QED) is 0.687. The van der Waals surface area contributed by atoms with Crippen molar-refractivity contribution in [3.8, 4) is 0 Å². The normalized spacial score (nSPS) is 11.2. The number of nitrogens with zero attached hydrogens (tertiary/aromatic N) is 1. The molecule has 1 aromatic carbocycles. The largest absolute Gasteiger partial charge is 0.338 e. The van der Waals surface area contributed by atoms with Gasteiger partial charge in [-0.05, 0) is 41.9 Å². The average molecular weight is 293 g/mol. The fraction of sp³-hybridized carbons (Fsp3) is 0.588. The predicted octanol–water partition coefficient (Wildman–Crippen LogP) is 4.55. The van der Waals surface area contributed by atoms with Crippen molar-refractivity contribution in [2.75, 3.05) is 18.8 Å². The number of amides is 1. The van der Waals surface area contributed by atoms with Crippen LogP contribution < -0.4 is 0 Å². The Hall–Kier alpha value is -0.960. The van der Waals surface area contributed by atoms with Crippen molar-refractivity contribution in [1.82, 2.24) is 4.90 Å². The molecule has 1 amide bonds. The van der Waals surface area contributed by atoms with Crippen molar-refractivity contribution in [3.63, 3.8) is 0 Å². The van der Waals surface area contributed by atoms with Gasteiger partial charge in [-0.1, -0.05) is 34.6 Å². The van der Waals surface area contributed by atoms with Crippen LogP contribution in [0.3, 0.4) is 0 Å². The molecule has 0 atom stereocenters. The number of benzene rings is 1. The molecule has 0 radical (unpaired) electrons. The summed E-state index contributed by atoms with van der Waals surface area (Å²) in [4.78, 5) is 15.8. The maximum atomic E-state index is 12.6. The average Bonchev–Trinajstić information content (AvgIpc) is 2.37. The molecule has 0 aliphatic rings. The van der Waals surface area contributed by atoms with Gasteiger partial charge in [0.05, 0.1) is 0 Å². The predicted molar refractivity (Wildman–Crippen MR) is 88.4 cm³/mol. The highest BCUT2D eigenvalue weighted by atomic mass is 32.2. The Morgan fingerprint density at radius 1 is 1.05 bits per heavy atom. The number of carbonyl (C=O) groups excluding carboxylic acids is 1. The van der Waals surface area contributed by atoms with E-state index in [0.29, 0.717) is 11.8 Å². The van der Waals surface area contributed by atoms with Crippen molar-refractivity contribution in [2.45, 2.75) is 39.5 Å². The Labute approximate surface area is 127 Å². The zero-order chi connectivity index (χ0) is 15.1. The molecule has 0 unspecified atom stereocenters. The summed E-state index contributed by atoms with van der Waals surface area (Å²) in [5.41, 5.74) is 0.798. The zero-order valence-electron chi connectivity index (χ0n) is 13.3. The number of carbonyl (C=O) groups is 1. The van der Waals surface area contributed by atoms with E-state index in [1.165, 1.54) is 4.90 Å². The molecule has 0 N–H and O–H groups in total. The maximum absolute atomic E-state index is 12.6. The summed E-state index contributed by atoms with van der Waals surface area (Å²) >= 11 is 1.80. The lowest BCUT2D eigenvalue weighted by atomic mass is 10.1. The van der Waals surface area contributed by atoms with Crippen LogP contribution in [0.15, 0.2) is 29.2 Å². The summed E-state index contributed by atoms with van der Waals surface area (Å²) in [7, 11) is 0. The van der Waals surface area contributed by atoms with E-state index in [9.17, 15) is 4.79 Å². The van der Waals surface area contributed by atoms with E-state index < -0.39 is 0 Å². The molecule has 0 aromatic heterocycles. The van der Waals surface area contributed by atoms with Gasteiger partial charge < -0.3 is 4.90 Å². The Bertz CT molecular complexity index is 402. The van der Waals surface area contributed by atoms with Gasteiger partial charge >= 0.3 is 0 Å². The first-order chi connectivity index (χ1) is 9.43.